The van der Waals surface area contributed by atoms with Gasteiger partial charge in [-0.15, -0.1) is 0 Å². The number of nitrogens with zero attached hydrogens (tertiary/aromatic N) is 1. The van der Waals surface area contributed by atoms with Gasteiger partial charge in [-0.2, -0.15) is 5.26 Å². The van der Waals surface area contributed by atoms with Crippen molar-refractivity contribution in [2.75, 3.05) is 0 Å². The Morgan fingerprint density at radius 2 is 2.07 bits per heavy atom. The van der Waals surface area contributed by atoms with Gasteiger partial charge in [0.1, 0.15) is 0 Å². The van der Waals surface area contributed by atoms with E-state index in [0.29, 0.717) is 10.0 Å². The quantitative estimate of drug-likeness (QED) is 0.879. The fraction of sp³-hybridized carbons (Fsp3) is 0.125. The highest BCUT2D eigenvalue weighted by atomic mass is 79.9. The van der Waals surface area contributed by atoms with Crippen LogP contribution in [0.4, 0.5) is 0 Å². The lowest BCUT2D eigenvalue weighted by molar-refractivity contribution is 0.597. The summed E-state index contributed by atoms with van der Waals surface area (Å²) in [6, 6.07) is 6.40. The Kier molecular flexibility index (Phi) is 3.26. The van der Waals surface area contributed by atoms with Crippen LogP contribution in [0.1, 0.15) is 5.56 Å². The minimum atomic E-state index is -3.71. The second-order valence-corrected chi connectivity index (χ2v) is 5.15. The molecule has 0 aliphatic carbocycles. The molecule has 2 N–H and O–H groups in total. The predicted octanol–water partition coefficient (Wildman–Crippen LogP) is 1.16. The van der Waals surface area contributed by atoms with E-state index in [4.69, 9.17) is 10.4 Å². The molecule has 0 bridgehead atoms. The first-order valence-electron chi connectivity index (χ1n) is 3.62. The summed E-state index contributed by atoms with van der Waals surface area (Å²) in [5.41, 5.74) is 0.617. The molecule has 0 aromatic heterocycles. The summed E-state index contributed by atoms with van der Waals surface area (Å²) in [5, 5.41) is 13.4. The Morgan fingerprint density at radius 1 is 1.43 bits per heavy atom. The summed E-state index contributed by atoms with van der Waals surface area (Å²) in [6.07, 6.45) is 0.155. The van der Waals surface area contributed by atoms with Crippen molar-refractivity contribution in [3.63, 3.8) is 0 Å². The van der Waals surface area contributed by atoms with Gasteiger partial charge in [0.25, 0.3) is 0 Å². The van der Waals surface area contributed by atoms with Gasteiger partial charge in [0.2, 0.25) is 10.0 Å². The Labute approximate surface area is 90.5 Å². The standard InChI is InChI=1S/C8H7BrN2O2S/c9-7-3-6(1-2-10)4-8(5-7)14(11,12)13/h3-5H,1H2,(H2,11,12,13). The van der Waals surface area contributed by atoms with Crippen LogP contribution in [0.15, 0.2) is 27.6 Å². The molecule has 0 aliphatic heterocycles. The van der Waals surface area contributed by atoms with E-state index in [0.717, 1.165) is 0 Å². The number of hydrogen-bond acceptors (Lipinski definition) is 3. The summed E-state index contributed by atoms with van der Waals surface area (Å²) in [6.45, 7) is 0. The zero-order valence-corrected chi connectivity index (χ0v) is 9.47. The average Bonchev–Trinajstić information content (AvgIpc) is 2.02. The van der Waals surface area contributed by atoms with Gasteiger partial charge in [-0.25, -0.2) is 13.6 Å². The fourth-order valence-electron chi connectivity index (χ4n) is 0.978. The maximum atomic E-state index is 11.0. The molecule has 0 atom stereocenters. The summed E-state index contributed by atoms with van der Waals surface area (Å²) >= 11 is 3.15. The van der Waals surface area contributed by atoms with E-state index in [1.165, 1.54) is 12.1 Å². The van der Waals surface area contributed by atoms with E-state index in [9.17, 15) is 8.42 Å². The minimum absolute atomic E-state index is 0.0112. The summed E-state index contributed by atoms with van der Waals surface area (Å²) in [4.78, 5) is 0.0112. The molecule has 74 valence electrons. The van der Waals surface area contributed by atoms with Gasteiger partial charge in [-0.3, -0.25) is 0 Å². The van der Waals surface area contributed by atoms with E-state index in [2.05, 4.69) is 15.9 Å². The van der Waals surface area contributed by atoms with Gasteiger partial charge < -0.3 is 0 Å². The molecule has 0 heterocycles. The summed E-state index contributed by atoms with van der Waals surface area (Å²) < 4.78 is 22.6. The molecule has 0 saturated heterocycles. The largest absolute Gasteiger partial charge is 0.238 e. The topological polar surface area (TPSA) is 83.9 Å². The molecule has 0 amide bonds. The first-order chi connectivity index (χ1) is 6.43. The van der Waals surface area contributed by atoms with Crippen LogP contribution >= 0.6 is 15.9 Å². The van der Waals surface area contributed by atoms with Crippen molar-refractivity contribution in [2.24, 2.45) is 5.14 Å². The molecule has 0 spiro atoms. The van der Waals surface area contributed by atoms with Crippen molar-refractivity contribution in [2.45, 2.75) is 11.3 Å². The molecule has 1 aromatic carbocycles. The smallest absolute Gasteiger partial charge is 0.225 e. The Bertz CT molecular complexity index is 491. The third-order valence-corrected chi connectivity index (χ3v) is 2.89. The number of nitriles is 1. The second kappa shape index (κ2) is 4.09. The van der Waals surface area contributed by atoms with Crippen molar-refractivity contribution in [3.8, 4) is 6.07 Å². The average molecular weight is 275 g/mol. The fourth-order valence-corrected chi connectivity index (χ4v) is 2.28. The van der Waals surface area contributed by atoms with E-state index in [-0.39, 0.29) is 11.3 Å². The monoisotopic (exact) mass is 274 g/mol. The van der Waals surface area contributed by atoms with Crippen LogP contribution in [-0.4, -0.2) is 8.42 Å². The highest BCUT2D eigenvalue weighted by Crippen LogP contribution is 2.18. The minimum Gasteiger partial charge on any atom is -0.225 e. The molecule has 0 radical (unpaired) electrons. The first kappa shape index (κ1) is 11.2. The number of nitrogens with two attached hydrogens (primary N) is 1. The SMILES string of the molecule is N#CCc1cc(Br)cc(S(N)(=O)=O)c1. The Balaban J connectivity index is 3.29. The van der Waals surface area contributed by atoms with E-state index < -0.39 is 10.0 Å². The number of primary sulfonamides is 1. The predicted molar refractivity (Wildman–Crippen MR) is 54.8 cm³/mol. The number of rotatable bonds is 2. The lowest BCUT2D eigenvalue weighted by Crippen LogP contribution is -2.12. The van der Waals surface area contributed by atoms with E-state index >= 15 is 0 Å². The number of sulfonamides is 1. The molecule has 14 heavy (non-hydrogen) atoms. The molecular formula is C8H7BrN2O2S. The van der Waals surface area contributed by atoms with Crippen molar-refractivity contribution >= 4 is 26.0 Å². The number of hydrogen-bond donors (Lipinski definition) is 1. The number of halogens is 1. The molecule has 6 heteroatoms. The van der Waals surface area contributed by atoms with Gasteiger partial charge in [-0.05, 0) is 23.8 Å². The molecule has 0 saturated carbocycles. The molecule has 4 nitrogen and oxygen atoms in total. The molecular weight excluding hydrogens is 268 g/mol. The van der Waals surface area contributed by atoms with Crippen molar-refractivity contribution in [3.05, 3.63) is 28.2 Å². The highest BCUT2D eigenvalue weighted by molar-refractivity contribution is 9.10. The zero-order valence-electron chi connectivity index (χ0n) is 7.07. The van der Waals surface area contributed by atoms with E-state index in [1.54, 1.807) is 6.07 Å². The van der Waals surface area contributed by atoms with Crippen LogP contribution in [0.3, 0.4) is 0 Å². The van der Waals surface area contributed by atoms with Crippen LogP contribution < -0.4 is 5.14 Å². The lowest BCUT2D eigenvalue weighted by atomic mass is 10.2. The third-order valence-electron chi connectivity index (χ3n) is 1.54. The third kappa shape index (κ3) is 2.80. The normalized spacial score (nSPS) is 10.9. The first-order valence-corrected chi connectivity index (χ1v) is 5.96. The second-order valence-electron chi connectivity index (χ2n) is 2.68. The van der Waals surface area contributed by atoms with Gasteiger partial charge in [0.05, 0.1) is 17.4 Å². The Morgan fingerprint density at radius 3 is 2.57 bits per heavy atom. The summed E-state index contributed by atoms with van der Waals surface area (Å²) in [5.74, 6) is 0. The maximum Gasteiger partial charge on any atom is 0.238 e. The van der Waals surface area contributed by atoms with Crippen LogP contribution in [-0.2, 0) is 16.4 Å². The zero-order chi connectivity index (χ0) is 10.8. The van der Waals surface area contributed by atoms with Crippen LogP contribution in [0.5, 0.6) is 0 Å². The molecule has 1 aromatic rings. The maximum absolute atomic E-state index is 11.0. The van der Waals surface area contributed by atoms with Gasteiger partial charge in [-0.1, -0.05) is 15.9 Å². The molecule has 0 unspecified atom stereocenters. The number of benzene rings is 1. The van der Waals surface area contributed by atoms with Gasteiger partial charge in [0, 0.05) is 4.47 Å². The van der Waals surface area contributed by atoms with Crippen molar-refractivity contribution in [1.82, 2.24) is 0 Å². The molecule has 0 aliphatic rings. The van der Waals surface area contributed by atoms with Crippen LogP contribution in [0.2, 0.25) is 0 Å². The van der Waals surface area contributed by atoms with Crippen molar-refractivity contribution in [1.29, 1.82) is 5.26 Å². The van der Waals surface area contributed by atoms with Gasteiger partial charge >= 0.3 is 0 Å². The molecule has 0 fully saturated rings. The van der Waals surface area contributed by atoms with Crippen LogP contribution in [0, 0.1) is 11.3 Å². The summed E-state index contributed by atoms with van der Waals surface area (Å²) in [7, 11) is -3.71. The molecule has 1 rings (SSSR count). The van der Waals surface area contributed by atoms with Crippen LogP contribution in [0.25, 0.3) is 0 Å². The highest BCUT2D eigenvalue weighted by Gasteiger charge is 2.09. The lowest BCUT2D eigenvalue weighted by Gasteiger charge is -2.01. The van der Waals surface area contributed by atoms with Gasteiger partial charge in [0.15, 0.2) is 0 Å². The van der Waals surface area contributed by atoms with Crippen molar-refractivity contribution < 1.29 is 8.42 Å². The Hall–Kier alpha value is -0.900. The van der Waals surface area contributed by atoms with E-state index in [1.807, 2.05) is 6.07 Å².